The van der Waals surface area contributed by atoms with Crippen LogP contribution in [0.5, 0.6) is 11.5 Å². The summed E-state index contributed by atoms with van der Waals surface area (Å²) in [7, 11) is 0. The van der Waals surface area contributed by atoms with Crippen LogP contribution in [0, 0.1) is 6.92 Å². The Balaban J connectivity index is 2.00. The normalized spacial score (nSPS) is 14.7. The van der Waals surface area contributed by atoms with E-state index >= 15 is 0 Å². The highest BCUT2D eigenvalue weighted by atomic mass is 16.6. The lowest BCUT2D eigenvalue weighted by atomic mass is 9.88. The van der Waals surface area contributed by atoms with Gasteiger partial charge in [0.1, 0.15) is 0 Å². The SMILES string of the molecule is CC(=O)Oc1ccc(C=C2CCCc3c(C)ccnc32)cc1OC(C)=O. The summed E-state index contributed by atoms with van der Waals surface area (Å²) in [6.45, 7) is 4.73. The molecule has 0 saturated heterocycles. The van der Waals surface area contributed by atoms with Crippen LogP contribution in [-0.4, -0.2) is 16.9 Å². The quantitative estimate of drug-likeness (QED) is 0.615. The van der Waals surface area contributed by atoms with Crippen LogP contribution in [0.4, 0.5) is 0 Å². The molecule has 0 bridgehead atoms. The first kappa shape index (κ1) is 17.9. The molecule has 0 fully saturated rings. The van der Waals surface area contributed by atoms with Gasteiger partial charge in [-0.25, -0.2) is 0 Å². The summed E-state index contributed by atoms with van der Waals surface area (Å²) in [4.78, 5) is 27.2. The van der Waals surface area contributed by atoms with E-state index in [0.29, 0.717) is 0 Å². The zero-order valence-corrected chi connectivity index (χ0v) is 15.2. The van der Waals surface area contributed by atoms with Crippen molar-refractivity contribution < 1.29 is 19.1 Å². The zero-order chi connectivity index (χ0) is 18.7. The standard InChI is InChI=1S/C21H21NO4/c1-13-9-10-22-21-17(5-4-6-18(13)21)11-16-7-8-19(25-14(2)23)20(12-16)26-15(3)24/h7-12H,4-6H2,1-3H3. The molecule has 134 valence electrons. The predicted octanol–water partition coefficient (Wildman–Crippen LogP) is 4.12. The van der Waals surface area contributed by atoms with Crippen LogP contribution in [0.3, 0.4) is 0 Å². The Morgan fingerprint density at radius 2 is 1.77 bits per heavy atom. The van der Waals surface area contributed by atoms with Gasteiger partial charge < -0.3 is 9.47 Å². The van der Waals surface area contributed by atoms with Crippen molar-refractivity contribution in [3.8, 4) is 11.5 Å². The molecule has 1 aliphatic rings. The Kier molecular flexibility index (Phi) is 5.16. The number of fused-ring (bicyclic) bond motifs is 1. The Hall–Kier alpha value is -2.95. The first-order valence-corrected chi connectivity index (χ1v) is 8.60. The monoisotopic (exact) mass is 351 g/mol. The molecule has 0 N–H and O–H groups in total. The van der Waals surface area contributed by atoms with Gasteiger partial charge in [-0.2, -0.15) is 0 Å². The number of esters is 2. The van der Waals surface area contributed by atoms with E-state index in [0.717, 1.165) is 36.1 Å². The second-order valence-electron chi connectivity index (χ2n) is 6.37. The summed E-state index contributed by atoms with van der Waals surface area (Å²) in [5, 5.41) is 0. The van der Waals surface area contributed by atoms with E-state index in [4.69, 9.17) is 9.47 Å². The molecule has 5 heteroatoms. The lowest BCUT2D eigenvalue weighted by Crippen LogP contribution is -2.07. The maximum absolute atomic E-state index is 11.4. The number of rotatable bonds is 3. The molecular formula is C21H21NO4. The molecule has 0 radical (unpaired) electrons. The minimum Gasteiger partial charge on any atom is -0.423 e. The number of benzene rings is 1. The van der Waals surface area contributed by atoms with Gasteiger partial charge in [0, 0.05) is 20.0 Å². The largest absolute Gasteiger partial charge is 0.423 e. The van der Waals surface area contributed by atoms with Gasteiger partial charge in [-0.15, -0.1) is 0 Å². The topological polar surface area (TPSA) is 65.5 Å². The van der Waals surface area contributed by atoms with Gasteiger partial charge >= 0.3 is 11.9 Å². The van der Waals surface area contributed by atoms with E-state index in [1.165, 1.54) is 25.0 Å². The van der Waals surface area contributed by atoms with Crippen molar-refractivity contribution in [3.05, 3.63) is 52.8 Å². The summed E-state index contributed by atoms with van der Waals surface area (Å²) >= 11 is 0. The van der Waals surface area contributed by atoms with Crippen molar-refractivity contribution in [2.45, 2.75) is 40.0 Å². The summed E-state index contributed by atoms with van der Waals surface area (Å²) in [5.41, 5.74) is 5.61. The average molecular weight is 351 g/mol. The minimum atomic E-state index is -0.469. The molecule has 1 aliphatic carbocycles. The Morgan fingerprint density at radius 1 is 1.04 bits per heavy atom. The first-order valence-electron chi connectivity index (χ1n) is 8.60. The Labute approximate surface area is 152 Å². The number of aryl methyl sites for hydroxylation is 1. The summed E-state index contributed by atoms with van der Waals surface area (Å²) in [6, 6.07) is 7.22. The second-order valence-corrected chi connectivity index (χ2v) is 6.37. The third-order valence-corrected chi connectivity index (χ3v) is 4.28. The molecule has 26 heavy (non-hydrogen) atoms. The molecule has 5 nitrogen and oxygen atoms in total. The van der Waals surface area contributed by atoms with Crippen LogP contribution < -0.4 is 9.47 Å². The molecule has 0 aliphatic heterocycles. The van der Waals surface area contributed by atoms with Crippen molar-refractivity contribution in [1.82, 2.24) is 4.98 Å². The van der Waals surface area contributed by atoms with Crippen LogP contribution in [0.2, 0.25) is 0 Å². The maximum atomic E-state index is 11.4. The summed E-state index contributed by atoms with van der Waals surface area (Å²) < 4.78 is 10.3. The third kappa shape index (κ3) is 3.99. The highest BCUT2D eigenvalue weighted by Crippen LogP contribution is 2.34. The van der Waals surface area contributed by atoms with Gasteiger partial charge in [0.05, 0.1) is 5.69 Å². The zero-order valence-electron chi connectivity index (χ0n) is 15.2. The van der Waals surface area contributed by atoms with Crippen LogP contribution in [0.15, 0.2) is 30.5 Å². The Bertz CT molecular complexity index is 899. The molecule has 0 spiro atoms. The number of carbonyl (C=O) groups is 2. The molecule has 0 saturated carbocycles. The molecule has 2 aromatic rings. The van der Waals surface area contributed by atoms with E-state index in [1.54, 1.807) is 12.1 Å². The van der Waals surface area contributed by atoms with Gasteiger partial charge in [-0.1, -0.05) is 6.07 Å². The number of ether oxygens (including phenoxy) is 2. The van der Waals surface area contributed by atoms with Crippen molar-refractivity contribution in [3.63, 3.8) is 0 Å². The average Bonchev–Trinajstić information content (AvgIpc) is 2.57. The van der Waals surface area contributed by atoms with E-state index < -0.39 is 11.9 Å². The van der Waals surface area contributed by atoms with Gasteiger partial charge in [0.2, 0.25) is 0 Å². The van der Waals surface area contributed by atoms with Crippen molar-refractivity contribution >= 4 is 23.6 Å². The molecular weight excluding hydrogens is 330 g/mol. The van der Waals surface area contributed by atoms with E-state index in [2.05, 4.69) is 18.0 Å². The number of hydrogen-bond donors (Lipinski definition) is 0. The smallest absolute Gasteiger partial charge is 0.308 e. The van der Waals surface area contributed by atoms with E-state index in [1.807, 2.05) is 18.3 Å². The predicted molar refractivity (Wildman–Crippen MR) is 98.8 cm³/mol. The molecule has 0 atom stereocenters. The molecule has 1 aromatic carbocycles. The first-order chi connectivity index (χ1) is 12.4. The van der Waals surface area contributed by atoms with Gasteiger partial charge in [-0.05, 0) is 72.7 Å². The fourth-order valence-corrected chi connectivity index (χ4v) is 3.19. The summed E-state index contributed by atoms with van der Waals surface area (Å²) in [5.74, 6) is -0.475. The highest BCUT2D eigenvalue weighted by molar-refractivity contribution is 5.83. The van der Waals surface area contributed by atoms with E-state index in [9.17, 15) is 9.59 Å². The fraction of sp³-hybridized carbons (Fsp3) is 0.286. The van der Waals surface area contributed by atoms with Crippen LogP contribution in [-0.2, 0) is 16.0 Å². The third-order valence-electron chi connectivity index (χ3n) is 4.28. The summed E-state index contributed by atoms with van der Waals surface area (Å²) in [6.07, 6.45) is 6.94. The number of nitrogens with zero attached hydrogens (tertiary/aromatic N) is 1. The van der Waals surface area contributed by atoms with Gasteiger partial charge in [-0.3, -0.25) is 14.6 Å². The van der Waals surface area contributed by atoms with Crippen LogP contribution in [0.25, 0.3) is 11.6 Å². The van der Waals surface area contributed by atoms with Gasteiger partial charge in [0.15, 0.2) is 11.5 Å². The Morgan fingerprint density at radius 3 is 2.50 bits per heavy atom. The van der Waals surface area contributed by atoms with Crippen molar-refractivity contribution in [2.24, 2.45) is 0 Å². The van der Waals surface area contributed by atoms with Crippen molar-refractivity contribution in [2.75, 3.05) is 0 Å². The number of allylic oxidation sites excluding steroid dienone is 1. The number of hydrogen-bond acceptors (Lipinski definition) is 5. The van der Waals surface area contributed by atoms with Crippen molar-refractivity contribution in [1.29, 1.82) is 0 Å². The van der Waals surface area contributed by atoms with Crippen LogP contribution in [0.1, 0.15) is 49.1 Å². The van der Waals surface area contributed by atoms with E-state index in [-0.39, 0.29) is 11.5 Å². The number of carbonyl (C=O) groups excluding carboxylic acids is 2. The molecule has 1 heterocycles. The maximum Gasteiger partial charge on any atom is 0.308 e. The number of aromatic nitrogens is 1. The lowest BCUT2D eigenvalue weighted by molar-refractivity contribution is -0.134. The molecule has 0 unspecified atom stereocenters. The molecule has 0 amide bonds. The second kappa shape index (κ2) is 7.52. The number of pyridine rings is 1. The highest BCUT2D eigenvalue weighted by Gasteiger charge is 2.17. The molecule has 3 rings (SSSR count). The lowest BCUT2D eigenvalue weighted by Gasteiger charge is -2.20. The minimum absolute atomic E-state index is 0.230. The van der Waals surface area contributed by atoms with Gasteiger partial charge in [0.25, 0.3) is 0 Å². The fourth-order valence-electron chi connectivity index (χ4n) is 3.19. The molecule has 1 aromatic heterocycles. The van der Waals surface area contributed by atoms with Crippen LogP contribution >= 0.6 is 0 Å².